The molecular formula is C12H25Br2O3PS2. The number of hydrogen-bond acceptors (Lipinski definition) is 5. The molecule has 0 aromatic rings. The van der Waals surface area contributed by atoms with Gasteiger partial charge in [-0.1, -0.05) is 64.7 Å². The molecule has 0 unspecified atom stereocenters. The van der Waals surface area contributed by atoms with E-state index in [1.807, 2.05) is 0 Å². The summed E-state index contributed by atoms with van der Waals surface area (Å²) in [6.07, 6.45) is 13.3. The van der Waals surface area contributed by atoms with Crippen LogP contribution >= 0.6 is 59.2 Å². The van der Waals surface area contributed by atoms with Crippen LogP contribution in [-0.2, 0) is 12.5 Å². The maximum Gasteiger partial charge on any atom is 0.358 e. The van der Waals surface area contributed by atoms with E-state index in [1.54, 1.807) is 0 Å². The van der Waals surface area contributed by atoms with Gasteiger partial charge in [0.25, 0.3) is 0 Å². The van der Waals surface area contributed by atoms with Crippen LogP contribution in [0.15, 0.2) is 0 Å². The third-order valence-corrected chi connectivity index (χ3v) is 6.82. The minimum absolute atomic E-state index is 0.698. The van der Waals surface area contributed by atoms with Gasteiger partial charge in [-0.25, -0.2) is 7.94 Å². The van der Waals surface area contributed by atoms with Crippen molar-refractivity contribution < 1.29 is 12.5 Å². The molecule has 0 spiro atoms. The van der Waals surface area contributed by atoms with E-state index < -0.39 is 8.60 Å². The van der Waals surface area contributed by atoms with E-state index in [4.69, 9.17) is 12.5 Å². The van der Waals surface area contributed by atoms with Crippen molar-refractivity contribution in [3.63, 3.8) is 0 Å². The molecule has 0 atom stereocenters. The van der Waals surface area contributed by atoms with E-state index >= 15 is 0 Å². The second-order valence-electron chi connectivity index (χ2n) is 4.51. The lowest BCUT2D eigenvalue weighted by Crippen LogP contribution is -1.91. The normalized spacial score (nSPS) is 11.4. The molecule has 0 fully saturated rings. The van der Waals surface area contributed by atoms with Crippen LogP contribution in [0.1, 0.15) is 71.1 Å². The Morgan fingerprint density at radius 2 is 1.20 bits per heavy atom. The zero-order chi connectivity index (χ0) is 14.9. The van der Waals surface area contributed by atoms with Gasteiger partial charge in [-0.05, 0) is 6.42 Å². The average Bonchev–Trinajstić information content (AvgIpc) is 2.45. The quantitative estimate of drug-likeness (QED) is 0.129. The van der Waals surface area contributed by atoms with Gasteiger partial charge in [0, 0.05) is 29.6 Å². The standard InChI is InChI=1S/C12H25Br2O3PS2/c1-2-3-4-5-6-7-8-9-10-11-12-15-18(16-19-13)17-20-14/h2-12H2,1H3. The van der Waals surface area contributed by atoms with E-state index in [-0.39, 0.29) is 0 Å². The highest BCUT2D eigenvalue weighted by Crippen LogP contribution is 2.49. The lowest BCUT2D eigenvalue weighted by atomic mass is 10.1. The molecule has 0 rings (SSSR count). The molecule has 0 saturated carbocycles. The van der Waals surface area contributed by atoms with Crippen molar-refractivity contribution in [1.82, 2.24) is 0 Å². The molecule has 3 nitrogen and oxygen atoms in total. The zero-order valence-electron chi connectivity index (χ0n) is 12.0. The van der Waals surface area contributed by atoms with Gasteiger partial charge in [0.05, 0.1) is 27.6 Å². The summed E-state index contributed by atoms with van der Waals surface area (Å²) in [5.74, 6) is 0. The summed E-state index contributed by atoms with van der Waals surface area (Å²) in [6, 6.07) is 0. The van der Waals surface area contributed by atoms with E-state index in [2.05, 4.69) is 36.5 Å². The van der Waals surface area contributed by atoms with Crippen molar-refractivity contribution >= 4 is 59.2 Å². The van der Waals surface area contributed by atoms with E-state index in [9.17, 15) is 0 Å². The molecule has 0 aliphatic heterocycles. The van der Waals surface area contributed by atoms with Gasteiger partial charge < -0.3 is 4.52 Å². The van der Waals surface area contributed by atoms with Crippen LogP contribution in [0, 0.1) is 0 Å². The lowest BCUT2D eigenvalue weighted by molar-refractivity contribution is 0.275. The Balaban J connectivity index is 3.18. The molecule has 20 heavy (non-hydrogen) atoms. The minimum Gasteiger partial charge on any atom is -0.311 e. The molecule has 122 valence electrons. The highest BCUT2D eigenvalue weighted by Gasteiger charge is 2.12. The highest BCUT2D eigenvalue weighted by atomic mass is 79.9. The van der Waals surface area contributed by atoms with Gasteiger partial charge in [0.2, 0.25) is 0 Å². The van der Waals surface area contributed by atoms with Crippen LogP contribution in [0.3, 0.4) is 0 Å². The molecule has 0 aliphatic rings. The van der Waals surface area contributed by atoms with Crippen LogP contribution in [0.2, 0.25) is 0 Å². The predicted octanol–water partition coefficient (Wildman–Crippen LogP) is 8.10. The Morgan fingerprint density at radius 3 is 1.65 bits per heavy atom. The van der Waals surface area contributed by atoms with E-state index in [0.717, 1.165) is 27.4 Å². The molecule has 0 aromatic heterocycles. The Morgan fingerprint density at radius 1 is 0.750 bits per heavy atom. The van der Waals surface area contributed by atoms with Crippen molar-refractivity contribution in [2.24, 2.45) is 0 Å². The number of halogens is 2. The van der Waals surface area contributed by atoms with Crippen molar-refractivity contribution in [2.45, 2.75) is 71.1 Å². The summed E-state index contributed by atoms with van der Waals surface area (Å²) in [7, 11) is 0.914. The number of hydrogen-bond donors (Lipinski definition) is 0. The first kappa shape index (κ1) is 22.0. The molecule has 0 N–H and O–H groups in total. The molecule has 0 aliphatic carbocycles. The van der Waals surface area contributed by atoms with Crippen molar-refractivity contribution in [3.8, 4) is 0 Å². The average molecular weight is 472 g/mol. The highest BCUT2D eigenvalue weighted by molar-refractivity contribution is 9.49. The number of unbranched alkanes of at least 4 members (excludes halogenated alkanes) is 9. The fourth-order valence-corrected chi connectivity index (χ4v) is 4.88. The van der Waals surface area contributed by atoms with Crippen molar-refractivity contribution in [2.75, 3.05) is 6.61 Å². The van der Waals surface area contributed by atoms with Gasteiger partial charge in [0.15, 0.2) is 0 Å². The molecule has 0 amide bonds. The van der Waals surface area contributed by atoms with Gasteiger partial charge >= 0.3 is 8.60 Å². The Hall–Kier alpha value is 1.97. The zero-order valence-corrected chi connectivity index (χ0v) is 17.7. The van der Waals surface area contributed by atoms with Crippen LogP contribution in [0.4, 0.5) is 0 Å². The van der Waals surface area contributed by atoms with Crippen LogP contribution in [0.25, 0.3) is 0 Å². The Bertz CT molecular complexity index is 190. The summed E-state index contributed by atoms with van der Waals surface area (Å²) in [5, 5.41) is 0. The summed E-state index contributed by atoms with van der Waals surface area (Å²) in [5.41, 5.74) is 0. The largest absolute Gasteiger partial charge is 0.358 e. The Kier molecular flexibility index (Phi) is 20.9. The van der Waals surface area contributed by atoms with Gasteiger partial charge in [0.1, 0.15) is 0 Å². The molecule has 0 saturated heterocycles. The molecule has 0 bridgehead atoms. The third-order valence-electron chi connectivity index (χ3n) is 2.87. The molecule has 0 aromatic carbocycles. The maximum absolute atomic E-state index is 5.51. The second-order valence-corrected chi connectivity index (χ2v) is 8.25. The van der Waals surface area contributed by atoms with E-state index in [1.165, 1.54) is 57.8 Å². The Labute approximate surface area is 148 Å². The first-order chi connectivity index (χ1) is 9.85. The topological polar surface area (TPSA) is 27.7 Å². The molecule has 0 radical (unpaired) electrons. The van der Waals surface area contributed by atoms with Crippen molar-refractivity contribution in [3.05, 3.63) is 0 Å². The van der Waals surface area contributed by atoms with Gasteiger partial charge in [-0.2, -0.15) is 0 Å². The third kappa shape index (κ3) is 16.3. The SMILES string of the molecule is CCCCCCCCCCCCOP(OSBr)OSBr. The summed E-state index contributed by atoms with van der Waals surface area (Å²) in [4.78, 5) is 0. The monoisotopic (exact) mass is 470 g/mol. The lowest BCUT2D eigenvalue weighted by Gasteiger charge is -2.11. The van der Waals surface area contributed by atoms with Crippen molar-refractivity contribution in [1.29, 1.82) is 0 Å². The molecule has 0 heterocycles. The molecule has 8 heteroatoms. The molecular weight excluding hydrogens is 447 g/mol. The maximum atomic E-state index is 5.51. The van der Waals surface area contributed by atoms with Crippen LogP contribution in [-0.4, -0.2) is 6.61 Å². The first-order valence-electron chi connectivity index (χ1n) is 7.19. The smallest absolute Gasteiger partial charge is 0.311 e. The second kappa shape index (κ2) is 19.0. The first-order valence-corrected chi connectivity index (χ1v) is 13.4. The fraction of sp³-hybridized carbons (Fsp3) is 1.00. The minimum atomic E-state index is -1.26. The van der Waals surface area contributed by atoms with Crippen LogP contribution in [0.5, 0.6) is 0 Å². The summed E-state index contributed by atoms with van der Waals surface area (Å²) >= 11 is 6.24. The van der Waals surface area contributed by atoms with E-state index in [0.29, 0.717) is 6.61 Å². The summed E-state index contributed by atoms with van der Waals surface area (Å²) in [6.45, 7) is 2.96. The van der Waals surface area contributed by atoms with Crippen LogP contribution < -0.4 is 0 Å². The van der Waals surface area contributed by atoms with Gasteiger partial charge in [-0.15, -0.1) is 0 Å². The van der Waals surface area contributed by atoms with Gasteiger partial charge in [-0.3, -0.25) is 0 Å². The fourth-order valence-electron chi connectivity index (χ4n) is 1.83. The summed E-state index contributed by atoms with van der Waals surface area (Å²) < 4.78 is 15.9. The predicted molar refractivity (Wildman–Crippen MR) is 99.9 cm³/mol. The number of rotatable bonds is 16.